The Kier molecular flexibility index (Phi) is 4.19. The lowest BCUT2D eigenvalue weighted by molar-refractivity contribution is 0.598. The van der Waals surface area contributed by atoms with Crippen LogP contribution in [-0.4, -0.2) is 8.42 Å². The van der Waals surface area contributed by atoms with E-state index in [9.17, 15) is 12.8 Å². The number of anilines is 2. The van der Waals surface area contributed by atoms with Gasteiger partial charge in [-0.1, -0.05) is 0 Å². The molecule has 0 aliphatic rings. The molecule has 0 atom stereocenters. The van der Waals surface area contributed by atoms with Gasteiger partial charge < -0.3 is 5.73 Å². The molecule has 0 bridgehead atoms. The first kappa shape index (κ1) is 14.8. The van der Waals surface area contributed by atoms with Gasteiger partial charge in [-0.3, -0.25) is 4.72 Å². The van der Waals surface area contributed by atoms with Gasteiger partial charge in [0.1, 0.15) is 10.7 Å². The zero-order valence-electron chi connectivity index (χ0n) is 9.15. The fraction of sp³-hybridized carbons (Fsp3) is 0. The van der Waals surface area contributed by atoms with Gasteiger partial charge in [-0.05, 0) is 56.1 Å². The van der Waals surface area contributed by atoms with Crippen LogP contribution in [0.15, 0.2) is 36.7 Å². The monoisotopic (exact) mass is 428 g/mol. The van der Waals surface area contributed by atoms with Crippen molar-refractivity contribution in [1.29, 1.82) is 0 Å². The summed E-state index contributed by atoms with van der Waals surface area (Å²) < 4.78 is 41.0. The molecule has 1 aromatic heterocycles. The first-order chi connectivity index (χ1) is 8.79. The smallest absolute Gasteiger partial charge is 0.264 e. The van der Waals surface area contributed by atoms with Crippen molar-refractivity contribution in [1.82, 2.24) is 0 Å². The molecule has 0 saturated carbocycles. The Hall–Kier alpha value is -0.640. The highest BCUT2D eigenvalue weighted by atomic mass is 79.9. The Morgan fingerprint density at radius 3 is 2.53 bits per heavy atom. The van der Waals surface area contributed by atoms with E-state index in [1.807, 2.05) is 0 Å². The zero-order chi connectivity index (χ0) is 14.2. The van der Waals surface area contributed by atoms with E-state index in [4.69, 9.17) is 5.73 Å². The van der Waals surface area contributed by atoms with Gasteiger partial charge in [-0.25, -0.2) is 12.8 Å². The molecule has 0 saturated heterocycles. The van der Waals surface area contributed by atoms with Gasteiger partial charge in [-0.15, -0.1) is 11.3 Å². The van der Waals surface area contributed by atoms with Crippen molar-refractivity contribution in [3.8, 4) is 0 Å². The normalized spacial score (nSPS) is 11.5. The van der Waals surface area contributed by atoms with Gasteiger partial charge in [0.25, 0.3) is 10.0 Å². The predicted molar refractivity (Wildman–Crippen MR) is 81.3 cm³/mol. The third-order valence-corrected chi connectivity index (χ3v) is 6.27. The summed E-state index contributed by atoms with van der Waals surface area (Å²) in [4.78, 5) is 0.0335. The standard InChI is InChI=1S/C10H7Br2FN2O2S2/c11-9-4-8(10(12)18-9)19(16,17)15-7-3-5(14)1-2-6(7)13/h1-4,15H,14H2. The lowest BCUT2D eigenvalue weighted by Crippen LogP contribution is -2.13. The minimum absolute atomic E-state index is 0.0335. The van der Waals surface area contributed by atoms with Gasteiger partial charge >= 0.3 is 0 Å². The first-order valence-electron chi connectivity index (χ1n) is 4.82. The Morgan fingerprint density at radius 1 is 1.26 bits per heavy atom. The average molecular weight is 430 g/mol. The largest absolute Gasteiger partial charge is 0.399 e. The van der Waals surface area contributed by atoms with Crippen LogP contribution in [-0.2, 0) is 10.0 Å². The molecule has 2 rings (SSSR count). The van der Waals surface area contributed by atoms with Crippen LogP contribution >= 0.6 is 43.2 Å². The SMILES string of the molecule is Nc1ccc(F)c(NS(=O)(=O)c2cc(Br)sc2Br)c1. The summed E-state index contributed by atoms with van der Waals surface area (Å²) in [5.74, 6) is -0.691. The number of benzene rings is 1. The number of halogens is 3. The Balaban J connectivity index is 2.42. The Bertz CT molecular complexity index is 731. The summed E-state index contributed by atoms with van der Waals surface area (Å²) in [5, 5.41) is 0. The second kappa shape index (κ2) is 5.39. The summed E-state index contributed by atoms with van der Waals surface area (Å²) >= 11 is 7.55. The number of nitrogens with one attached hydrogen (secondary N) is 1. The van der Waals surface area contributed by atoms with E-state index in [-0.39, 0.29) is 16.3 Å². The predicted octanol–water partition coefficient (Wildman–Crippen LogP) is 3.80. The molecule has 0 aliphatic heterocycles. The molecule has 9 heteroatoms. The lowest BCUT2D eigenvalue weighted by Gasteiger charge is -2.08. The maximum Gasteiger partial charge on any atom is 0.264 e. The molecule has 0 radical (unpaired) electrons. The van der Waals surface area contributed by atoms with Crippen LogP contribution in [0.5, 0.6) is 0 Å². The van der Waals surface area contributed by atoms with E-state index >= 15 is 0 Å². The van der Waals surface area contributed by atoms with Crippen LogP contribution in [0.2, 0.25) is 0 Å². The van der Waals surface area contributed by atoms with Crippen molar-refractivity contribution < 1.29 is 12.8 Å². The van der Waals surface area contributed by atoms with Gasteiger partial charge in [-0.2, -0.15) is 0 Å². The second-order valence-electron chi connectivity index (χ2n) is 3.53. The third kappa shape index (κ3) is 3.28. The van der Waals surface area contributed by atoms with E-state index in [2.05, 4.69) is 36.6 Å². The molecule has 1 heterocycles. The molecule has 4 nitrogen and oxygen atoms in total. The molecule has 3 N–H and O–H groups in total. The van der Waals surface area contributed by atoms with Gasteiger partial charge in [0.05, 0.1) is 13.3 Å². The summed E-state index contributed by atoms with van der Waals surface area (Å²) in [7, 11) is -3.87. The maximum atomic E-state index is 13.5. The van der Waals surface area contributed by atoms with Crippen molar-refractivity contribution in [3.05, 3.63) is 37.7 Å². The minimum atomic E-state index is -3.87. The number of rotatable bonds is 3. The van der Waals surface area contributed by atoms with Crippen LogP contribution in [0.4, 0.5) is 15.8 Å². The highest BCUT2D eigenvalue weighted by molar-refractivity contribution is 9.12. The molecular weight excluding hydrogens is 423 g/mol. The number of thiophene rings is 1. The summed E-state index contributed by atoms with van der Waals surface area (Å²) in [6.07, 6.45) is 0. The zero-order valence-corrected chi connectivity index (χ0v) is 14.0. The molecule has 19 heavy (non-hydrogen) atoms. The minimum Gasteiger partial charge on any atom is -0.399 e. The van der Waals surface area contributed by atoms with Crippen molar-refractivity contribution in [2.45, 2.75) is 4.90 Å². The molecule has 0 fully saturated rings. The van der Waals surface area contributed by atoms with E-state index in [0.29, 0.717) is 7.57 Å². The van der Waals surface area contributed by atoms with Crippen molar-refractivity contribution in [2.75, 3.05) is 10.5 Å². The van der Waals surface area contributed by atoms with E-state index in [1.54, 1.807) is 0 Å². The van der Waals surface area contributed by atoms with E-state index < -0.39 is 15.8 Å². The molecule has 102 valence electrons. The first-order valence-corrected chi connectivity index (χ1v) is 8.71. The van der Waals surface area contributed by atoms with Crippen molar-refractivity contribution in [3.63, 3.8) is 0 Å². The highest BCUT2D eigenvalue weighted by Crippen LogP contribution is 2.35. The van der Waals surface area contributed by atoms with Crippen LogP contribution in [0, 0.1) is 5.82 Å². The molecule has 0 unspecified atom stereocenters. The topological polar surface area (TPSA) is 72.2 Å². The van der Waals surface area contributed by atoms with Crippen LogP contribution in [0.3, 0.4) is 0 Å². The van der Waals surface area contributed by atoms with E-state index in [1.165, 1.54) is 29.5 Å². The fourth-order valence-corrected chi connectivity index (χ4v) is 6.20. The number of sulfonamides is 1. The highest BCUT2D eigenvalue weighted by Gasteiger charge is 2.21. The molecule has 0 aliphatic carbocycles. The molecule has 1 aromatic carbocycles. The molecule has 0 spiro atoms. The number of nitrogen functional groups attached to an aromatic ring is 1. The quantitative estimate of drug-likeness (QED) is 0.729. The third-order valence-electron chi connectivity index (χ3n) is 2.15. The second-order valence-corrected chi connectivity index (χ2v) is 8.93. The van der Waals surface area contributed by atoms with E-state index in [0.717, 1.165) is 6.07 Å². The lowest BCUT2D eigenvalue weighted by atomic mass is 10.3. The Labute approximate surface area is 130 Å². The van der Waals surface area contributed by atoms with Crippen molar-refractivity contribution >= 4 is 64.6 Å². The van der Waals surface area contributed by atoms with Gasteiger partial charge in [0, 0.05) is 5.69 Å². The molecular formula is C10H7Br2FN2O2S2. The van der Waals surface area contributed by atoms with Crippen LogP contribution in [0.1, 0.15) is 0 Å². The van der Waals surface area contributed by atoms with Crippen LogP contribution in [0.25, 0.3) is 0 Å². The fourth-order valence-electron chi connectivity index (χ4n) is 1.33. The number of nitrogens with two attached hydrogens (primary N) is 1. The summed E-state index contributed by atoms with van der Waals surface area (Å²) in [6.45, 7) is 0. The molecule has 0 amide bonds. The number of hydrogen-bond acceptors (Lipinski definition) is 4. The Morgan fingerprint density at radius 2 is 1.95 bits per heavy atom. The number of hydrogen-bond donors (Lipinski definition) is 2. The average Bonchev–Trinajstić information content (AvgIpc) is 2.63. The summed E-state index contributed by atoms with van der Waals surface area (Å²) in [5.41, 5.74) is 5.59. The van der Waals surface area contributed by atoms with Gasteiger partial charge in [0.2, 0.25) is 0 Å². The maximum absolute atomic E-state index is 13.5. The summed E-state index contributed by atoms with van der Waals surface area (Å²) in [6, 6.07) is 5.11. The van der Waals surface area contributed by atoms with Crippen LogP contribution < -0.4 is 10.5 Å². The molecule has 2 aromatic rings. The van der Waals surface area contributed by atoms with Crippen molar-refractivity contribution in [2.24, 2.45) is 0 Å². The van der Waals surface area contributed by atoms with Gasteiger partial charge in [0.15, 0.2) is 0 Å².